The van der Waals surface area contributed by atoms with E-state index in [9.17, 15) is 9.59 Å². The molecule has 1 fully saturated rings. The van der Waals surface area contributed by atoms with Gasteiger partial charge in [0.2, 0.25) is 5.91 Å². The predicted octanol–water partition coefficient (Wildman–Crippen LogP) is 0.0985. The number of hydrogen-bond acceptors (Lipinski definition) is 4. The lowest BCUT2D eigenvalue weighted by molar-refractivity contribution is -0.917. The van der Waals surface area contributed by atoms with E-state index in [2.05, 4.69) is 10.3 Å². The summed E-state index contributed by atoms with van der Waals surface area (Å²) in [5, 5.41) is 2.81. The van der Waals surface area contributed by atoms with Crippen molar-refractivity contribution in [3.63, 3.8) is 0 Å². The zero-order valence-corrected chi connectivity index (χ0v) is 15.1. The number of amides is 2. The fourth-order valence-corrected chi connectivity index (χ4v) is 3.55. The number of fused-ring (bicyclic) bond motifs is 1. The molecule has 1 atom stereocenters. The molecule has 1 aromatic carbocycles. The van der Waals surface area contributed by atoms with Gasteiger partial charge in [-0.25, -0.2) is 0 Å². The summed E-state index contributed by atoms with van der Waals surface area (Å²) in [4.78, 5) is 32.2. The van der Waals surface area contributed by atoms with Gasteiger partial charge in [0.05, 0.1) is 38.3 Å². The third kappa shape index (κ3) is 4.09. The second-order valence-electron chi connectivity index (χ2n) is 6.96. The van der Waals surface area contributed by atoms with E-state index in [0.717, 1.165) is 19.6 Å². The van der Waals surface area contributed by atoms with Crippen LogP contribution in [-0.2, 0) is 16.1 Å². The van der Waals surface area contributed by atoms with Crippen LogP contribution < -0.4 is 15.0 Å². The number of carbonyl (C=O) groups excluding carboxylic acids is 2. The van der Waals surface area contributed by atoms with Crippen molar-refractivity contribution in [1.29, 1.82) is 0 Å². The zero-order chi connectivity index (χ0) is 18.6. The maximum atomic E-state index is 12.6. The number of aromatic nitrogens is 1. The Kier molecular flexibility index (Phi) is 5.02. The number of anilines is 1. The first kappa shape index (κ1) is 17.5. The van der Waals surface area contributed by atoms with Crippen LogP contribution in [0.3, 0.4) is 0 Å². The minimum absolute atomic E-state index is 0.0301. The predicted molar refractivity (Wildman–Crippen MR) is 99.3 cm³/mol. The van der Waals surface area contributed by atoms with Crippen molar-refractivity contribution in [3.8, 4) is 5.75 Å². The zero-order valence-electron chi connectivity index (χ0n) is 15.1. The summed E-state index contributed by atoms with van der Waals surface area (Å²) in [5.41, 5.74) is 1.91. The minimum atomic E-state index is -0.769. The topological polar surface area (TPSA) is 76.0 Å². The molecule has 0 radical (unpaired) electrons. The third-order valence-electron chi connectivity index (χ3n) is 5.09. The molecule has 140 valence electrons. The molecule has 7 heteroatoms. The fraction of sp³-hybridized carbons (Fsp3) is 0.350. The summed E-state index contributed by atoms with van der Waals surface area (Å²) < 4.78 is 5.74. The van der Waals surface area contributed by atoms with Crippen LogP contribution >= 0.6 is 0 Å². The Bertz CT molecular complexity index is 819. The van der Waals surface area contributed by atoms with E-state index in [1.807, 2.05) is 41.6 Å². The van der Waals surface area contributed by atoms with E-state index in [1.165, 1.54) is 10.5 Å². The van der Waals surface area contributed by atoms with E-state index >= 15 is 0 Å². The van der Waals surface area contributed by atoms with Crippen molar-refractivity contribution in [2.45, 2.75) is 19.1 Å². The van der Waals surface area contributed by atoms with Crippen molar-refractivity contribution in [3.05, 3.63) is 54.4 Å². The van der Waals surface area contributed by atoms with Crippen LogP contribution in [0.5, 0.6) is 5.75 Å². The number of quaternary nitrogens is 1. The van der Waals surface area contributed by atoms with Gasteiger partial charge in [-0.3, -0.25) is 14.6 Å². The van der Waals surface area contributed by atoms with Crippen LogP contribution in [-0.4, -0.2) is 54.0 Å². The maximum Gasteiger partial charge on any atom is 0.266 e. The number of piperazine rings is 1. The van der Waals surface area contributed by atoms with Gasteiger partial charge in [-0.2, -0.15) is 0 Å². The van der Waals surface area contributed by atoms with Crippen LogP contribution in [0, 0.1) is 0 Å². The number of nitrogens with zero attached hydrogens (tertiary/aromatic N) is 2. The molecule has 27 heavy (non-hydrogen) atoms. The third-order valence-corrected chi connectivity index (χ3v) is 5.09. The molecule has 0 unspecified atom stereocenters. The first-order valence-corrected chi connectivity index (χ1v) is 9.26. The first-order chi connectivity index (χ1) is 13.2. The molecule has 0 bridgehead atoms. The molecule has 2 aliphatic heterocycles. The van der Waals surface area contributed by atoms with Gasteiger partial charge in [-0.1, -0.05) is 12.1 Å². The molecule has 7 nitrogen and oxygen atoms in total. The Morgan fingerprint density at radius 2 is 1.93 bits per heavy atom. The molecule has 2 N–H and O–H groups in total. The average Bonchev–Trinajstić information content (AvgIpc) is 2.70. The van der Waals surface area contributed by atoms with Crippen LogP contribution in [0.4, 0.5) is 5.69 Å². The van der Waals surface area contributed by atoms with Gasteiger partial charge >= 0.3 is 0 Å². The van der Waals surface area contributed by atoms with Crippen LogP contribution in [0.25, 0.3) is 0 Å². The summed E-state index contributed by atoms with van der Waals surface area (Å²) in [5.74, 6) is 0.322. The molecular weight excluding hydrogens is 344 g/mol. The minimum Gasteiger partial charge on any atom is -0.478 e. The summed E-state index contributed by atoms with van der Waals surface area (Å²) in [7, 11) is 0. The Hall–Kier alpha value is -2.93. The van der Waals surface area contributed by atoms with E-state index in [1.54, 1.807) is 12.1 Å². The number of ether oxygens (including phenoxy) is 1. The molecule has 2 amide bonds. The van der Waals surface area contributed by atoms with Gasteiger partial charge in [0.15, 0.2) is 6.10 Å². The Morgan fingerprint density at radius 1 is 1.19 bits per heavy atom. The highest BCUT2D eigenvalue weighted by Gasteiger charge is 2.32. The Labute approximate surface area is 157 Å². The van der Waals surface area contributed by atoms with E-state index in [0.29, 0.717) is 24.5 Å². The van der Waals surface area contributed by atoms with Crippen molar-refractivity contribution in [2.24, 2.45) is 0 Å². The average molecular weight is 367 g/mol. The molecule has 1 aromatic heterocycles. The summed E-state index contributed by atoms with van der Waals surface area (Å²) >= 11 is 0. The monoisotopic (exact) mass is 367 g/mol. The molecule has 4 rings (SSSR count). The highest BCUT2D eigenvalue weighted by Crippen LogP contribution is 2.29. The summed E-state index contributed by atoms with van der Waals surface area (Å²) in [6.45, 7) is 4.13. The standard InChI is InChI=1S/C20H22N4O3/c25-19(13-18-20(26)22-16-3-1-2-4-17(16)27-18)24-11-9-23(10-12-24)14-15-5-7-21-8-6-15/h1-8,18H,9-14H2,(H,22,26)/p+1/t18-/m1/s1. The molecule has 0 aliphatic carbocycles. The number of hydrogen-bond donors (Lipinski definition) is 2. The molecule has 2 aliphatic rings. The largest absolute Gasteiger partial charge is 0.478 e. The fourth-order valence-electron chi connectivity index (χ4n) is 3.55. The lowest BCUT2D eigenvalue weighted by Crippen LogP contribution is -3.13. The molecule has 2 aromatic rings. The van der Waals surface area contributed by atoms with Crippen molar-refractivity contribution in [2.75, 3.05) is 31.5 Å². The first-order valence-electron chi connectivity index (χ1n) is 9.26. The van der Waals surface area contributed by atoms with Crippen molar-refractivity contribution in [1.82, 2.24) is 9.88 Å². The number of para-hydroxylation sites is 2. The highest BCUT2D eigenvalue weighted by molar-refractivity contribution is 5.99. The lowest BCUT2D eigenvalue weighted by Gasteiger charge is -2.33. The lowest BCUT2D eigenvalue weighted by atomic mass is 10.1. The maximum absolute atomic E-state index is 12.6. The van der Waals surface area contributed by atoms with E-state index in [-0.39, 0.29) is 18.2 Å². The Balaban J connectivity index is 1.29. The van der Waals surface area contributed by atoms with Crippen molar-refractivity contribution < 1.29 is 19.2 Å². The number of rotatable bonds is 4. The van der Waals surface area contributed by atoms with Gasteiger partial charge < -0.3 is 19.9 Å². The SMILES string of the molecule is O=C1Nc2ccccc2O[C@@H]1CC(=O)N1CC[NH+](Cc2ccncc2)CC1. The van der Waals surface area contributed by atoms with Gasteiger partial charge in [-0.15, -0.1) is 0 Å². The van der Waals surface area contributed by atoms with Crippen LogP contribution in [0.15, 0.2) is 48.8 Å². The van der Waals surface area contributed by atoms with E-state index in [4.69, 9.17) is 4.74 Å². The summed E-state index contributed by atoms with van der Waals surface area (Å²) in [6, 6.07) is 11.3. The number of nitrogens with one attached hydrogen (secondary N) is 2. The molecular formula is C20H23N4O3+. The molecule has 0 spiro atoms. The second-order valence-corrected chi connectivity index (χ2v) is 6.96. The van der Waals surface area contributed by atoms with E-state index < -0.39 is 6.10 Å². The normalized spacial score (nSPS) is 19.8. The van der Waals surface area contributed by atoms with Crippen molar-refractivity contribution >= 4 is 17.5 Å². The Morgan fingerprint density at radius 3 is 2.70 bits per heavy atom. The molecule has 1 saturated heterocycles. The number of carbonyl (C=O) groups is 2. The van der Waals surface area contributed by atoms with Gasteiger partial charge in [-0.05, 0) is 24.3 Å². The number of pyridine rings is 1. The van der Waals surface area contributed by atoms with Gasteiger partial charge in [0, 0.05) is 18.0 Å². The highest BCUT2D eigenvalue weighted by atomic mass is 16.5. The van der Waals surface area contributed by atoms with Crippen LogP contribution in [0.2, 0.25) is 0 Å². The quantitative estimate of drug-likeness (QED) is 0.804. The second kappa shape index (κ2) is 7.75. The van der Waals surface area contributed by atoms with Gasteiger partial charge in [0.1, 0.15) is 12.3 Å². The number of benzene rings is 1. The van der Waals surface area contributed by atoms with Gasteiger partial charge in [0.25, 0.3) is 5.91 Å². The summed E-state index contributed by atoms with van der Waals surface area (Å²) in [6.07, 6.45) is 2.92. The molecule has 3 heterocycles. The smallest absolute Gasteiger partial charge is 0.266 e. The van der Waals surface area contributed by atoms with Crippen LogP contribution in [0.1, 0.15) is 12.0 Å². The molecule has 0 saturated carbocycles.